The lowest BCUT2D eigenvalue weighted by Crippen LogP contribution is -2.48. The number of aliphatic hydroxyl groups is 1. The van der Waals surface area contributed by atoms with Crippen LogP contribution in [0.3, 0.4) is 0 Å². The molecule has 9 nitrogen and oxygen atoms in total. The molecule has 2 amide bonds. The summed E-state index contributed by atoms with van der Waals surface area (Å²) in [5, 5.41) is 12.5. The summed E-state index contributed by atoms with van der Waals surface area (Å²) in [6, 6.07) is 12.8. The molecule has 230 valence electrons. The highest BCUT2D eigenvalue weighted by Crippen LogP contribution is 2.42. The SMILES string of the molecule is C[C@@H]1[C@H](Cn2cnc(Cl)c2Cl)O[C@H](c2ccc(NC(=O)[C@@H]3CCCN3C(=O)C(F)(F)F)cc2)O[C@@H]1c1ccc(CO)cc1. The van der Waals surface area contributed by atoms with E-state index in [2.05, 4.69) is 10.3 Å². The number of hydrogen-bond acceptors (Lipinski definition) is 6. The second kappa shape index (κ2) is 12.8. The highest BCUT2D eigenvalue weighted by Gasteiger charge is 2.47. The lowest BCUT2D eigenvalue weighted by Gasteiger charge is -2.41. The number of rotatable bonds is 7. The number of likely N-dealkylation sites (tertiary alicyclic amines) is 1. The van der Waals surface area contributed by atoms with Gasteiger partial charge in [-0.1, -0.05) is 66.5 Å². The van der Waals surface area contributed by atoms with Crippen LogP contribution < -0.4 is 5.32 Å². The van der Waals surface area contributed by atoms with Gasteiger partial charge < -0.3 is 29.4 Å². The topological polar surface area (TPSA) is 106 Å². The van der Waals surface area contributed by atoms with Gasteiger partial charge in [0.15, 0.2) is 11.4 Å². The van der Waals surface area contributed by atoms with E-state index in [1.54, 1.807) is 28.8 Å². The van der Waals surface area contributed by atoms with Crippen molar-refractivity contribution in [3.63, 3.8) is 0 Å². The van der Waals surface area contributed by atoms with Gasteiger partial charge in [0.05, 0.1) is 31.7 Å². The molecule has 43 heavy (non-hydrogen) atoms. The number of nitrogens with one attached hydrogen (secondary N) is 1. The van der Waals surface area contributed by atoms with Crippen LogP contribution in [0.1, 0.15) is 48.8 Å². The molecule has 0 spiro atoms. The van der Waals surface area contributed by atoms with Gasteiger partial charge in [-0.05, 0) is 36.1 Å². The molecular formula is C29H29Cl2F3N4O5. The third kappa shape index (κ3) is 6.83. The maximum absolute atomic E-state index is 13.0. The van der Waals surface area contributed by atoms with E-state index in [9.17, 15) is 27.9 Å². The minimum Gasteiger partial charge on any atom is -0.392 e. The molecule has 3 aromatic rings. The number of alkyl halides is 3. The average molecular weight is 641 g/mol. The van der Waals surface area contributed by atoms with Crippen LogP contribution in [-0.4, -0.2) is 56.2 Å². The summed E-state index contributed by atoms with van der Waals surface area (Å²) in [4.78, 5) is 29.2. The van der Waals surface area contributed by atoms with Crippen LogP contribution >= 0.6 is 23.2 Å². The summed E-state index contributed by atoms with van der Waals surface area (Å²) in [5.74, 6) is -2.85. The second-order valence-corrected chi connectivity index (χ2v) is 11.3. The molecule has 5 atom stereocenters. The van der Waals surface area contributed by atoms with Crippen molar-refractivity contribution in [2.45, 2.75) is 63.6 Å². The van der Waals surface area contributed by atoms with Gasteiger partial charge in [0.1, 0.15) is 11.2 Å². The predicted octanol–water partition coefficient (Wildman–Crippen LogP) is 5.67. The predicted molar refractivity (Wildman–Crippen MR) is 151 cm³/mol. The van der Waals surface area contributed by atoms with Crippen molar-refractivity contribution in [2.24, 2.45) is 5.92 Å². The van der Waals surface area contributed by atoms with Gasteiger partial charge in [0, 0.05) is 23.7 Å². The summed E-state index contributed by atoms with van der Waals surface area (Å²) < 4.78 is 53.4. The second-order valence-electron chi connectivity index (χ2n) is 10.6. The first kappa shape index (κ1) is 31.3. The Morgan fingerprint density at radius 2 is 1.74 bits per heavy atom. The smallest absolute Gasteiger partial charge is 0.392 e. The molecule has 2 saturated heterocycles. The molecule has 2 aliphatic rings. The largest absolute Gasteiger partial charge is 0.471 e. The van der Waals surface area contributed by atoms with Gasteiger partial charge in [0.2, 0.25) is 5.91 Å². The van der Waals surface area contributed by atoms with Crippen LogP contribution in [0.25, 0.3) is 0 Å². The van der Waals surface area contributed by atoms with E-state index in [-0.39, 0.29) is 41.9 Å². The van der Waals surface area contributed by atoms with Crippen molar-refractivity contribution in [3.05, 3.63) is 81.9 Å². The Bertz CT molecular complexity index is 1450. The van der Waals surface area contributed by atoms with Crippen LogP contribution in [0.4, 0.5) is 18.9 Å². The fourth-order valence-electron chi connectivity index (χ4n) is 5.39. The number of imidazole rings is 1. The van der Waals surface area contributed by atoms with Crippen molar-refractivity contribution in [3.8, 4) is 0 Å². The monoisotopic (exact) mass is 640 g/mol. The van der Waals surface area contributed by atoms with E-state index in [1.807, 2.05) is 31.2 Å². The van der Waals surface area contributed by atoms with E-state index >= 15 is 0 Å². The fourth-order valence-corrected chi connectivity index (χ4v) is 5.70. The van der Waals surface area contributed by atoms with E-state index in [0.29, 0.717) is 29.1 Å². The normalized spacial score (nSPS) is 24.3. The number of carbonyl (C=O) groups excluding carboxylic acids is 2. The van der Waals surface area contributed by atoms with E-state index in [1.165, 1.54) is 6.33 Å². The Balaban J connectivity index is 1.33. The van der Waals surface area contributed by atoms with E-state index in [0.717, 1.165) is 11.1 Å². The quantitative estimate of drug-likeness (QED) is 0.345. The minimum absolute atomic E-state index is 0.0874. The van der Waals surface area contributed by atoms with Gasteiger partial charge in [-0.3, -0.25) is 9.59 Å². The fraction of sp³-hybridized carbons (Fsp3) is 0.414. The minimum atomic E-state index is -5.05. The molecule has 14 heteroatoms. The third-order valence-electron chi connectivity index (χ3n) is 7.74. The first-order valence-corrected chi connectivity index (χ1v) is 14.4. The summed E-state index contributed by atoms with van der Waals surface area (Å²) in [5.41, 5.74) is 2.63. The molecule has 0 radical (unpaired) electrons. The van der Waals surface area contributed by atoms with Crippen LogP contribution in [-0.2, 0) is 32.2 Å². The Morgan fingerprint density at radius 3 is 2.35 bits per heavy atom. The highest BCUT2D eigenvalue weighted by atomic mass is 35.5. The number of halogens is 5. The summed E-state index contributed by atoms with van der Waals surface area (Å²) >= 11 is 12.4. The Morgan fingerprint density at radius 1 is 1.07 bits per heavy atom. The maximum Gasteiger partial charge on any atom is 0.471 e. The molecule has 2 fully saturated rings. The third-order valence-corrected chi connectivity index (χ3v) is 8.51. The molecule has 2 N–H and O–H groups in total. The molecule has 3 heterocycles. The number of carbonyl (C=O) groups is 2. The van der Waals surface area contributed by atoms with Gasteiger partial charge in [0.25, 0.3) is 0 Å². The number of aliphatic hydroxyl groups excluding tert-OH is 1. The van der Waals surface area contributed by atoms with Crippen molar-refractivity contribution in [1.82, 2.24) is 14.5 Å². The first-order chi connectivity index (χ1) is 20.5. The molecule has 2 aliphatic heterocycles. The molecule has 0 aliphatic carbocycles. The Kier molecular flexibility index (Phi) is 9.33. The Labute approximate surface area is 255 Å². The van der Waals surface area contributed by atoms with Gasteiger partial charge >= 0.3 is 12.1 Å². The van der Waals surface area contributed by atoms with Crippen molar-refractivity contribution in [1.29, 1.82) is 0 Å². The molecule has 2 aromatic carbocycles. The Hall–Kier alpha value is -3.16. The molecule has 0 bridgehead atoms. The van der Waals surface area contributed by atoms with E-state index < -0.39 is 36.4 Å². The number of hydrogen-bond donors (Lipinski definition) is 2. The summed E-state index contributed by atoms with van der Waals surface area (Å²) in [7, 11) is 0. The lowest BCUT2D eigenvalue weighted by molar-refractivity contribution is -0.276. The molecular weight excluding hydrogens is 612 g/mol. The van der Waals surface area contributed by atoms with Gasteiger partial charge in [-0.15, -0.1) is 0 Å². The van der Waals surface area contributed by atoms with Crippen molar-refractivity contribution < 1.29 is 37.3 Å². The van der Waals surface area contributed by atoms with Gasteiger partial charge in [-0.25, -0.2) is 4.98 Å². The number of anilines is 1. The zero-order valence-electron chi connectivity index (χ0n) is 22.9. The highest BCUT2D eigenvalue weighted by molar-refractivity contribution is 6.40. The summed E-state index contributed by atoms with van der Waals surface area (Å²) in [6.07, 6.45) is -4.68. The maximum atomic E-state index is 13.0. The number of nitrogens with zero attached hydrogens (tertiary/aromatic N) is 3. The molecule has 0 unspecified atom stereocenters. The van der Waals surface area contributed by atoms with Crippen LogP contribution in [0.15, 0.2) is 54.9 Å². The van der Waals surface area contributed by atoms with Crippen LogP contribution in [0.5, 0.6) is 0 Å². The number of ether oxygens (including phenoxy) is 2. The first-order valence-electron chi connectivity index (χ1n) is 13.6. The number of amides is 2. The molecule has 5 rings (SSSR count). The van der Waals surface area contributed by atoms with Crippen molar-refractivity contribution in [2.75, 3.05) is 11.9 Å². The number of benzene rings is 2. The van der Waals surface area contributed by atoms with Crippen LogP contribution in [0, 0.1) is 5.92 Å². The van der Waals surface area contributed by atoms with E-state index in [4.69, 9.17) is 32.7 Å². The number of aromatic nitrogens is 2. The molecule has 1 aromatic heterocycles. The zero-order chi connectivity index (χ0) is 30.9. The average Bonchev–Trinajstić information content (AvgIpc) is 3.60. The van der Waals surface area contributed by atoms with Gasteiger partial charge in [-0.2, -0.15) is 13.2 Å². The van der Waals surface area contributed by atoms with Crippen LogP contribution in [0.2, 0.25) is 10.3 Å². The summed E-state index contributed by atoms with van der Waals surface area (Å²) in [6.45, 7) is 2.11. The lowest BCUT2D eigenvalue weighted by atomic mass is 9.90. The van der Waals surface area contributed by atoms with Crippen molar-refractivity contribution >= 4 is 40.7 Å². The zero-order valence-corrected chi connectivity index (χ0v) is 24.4. The molecule has 0 saturated carbocycles. The standard InChI is InChI=1S/C29H29Cl2F3N4O5/c1-16-22(13-37-15-35-24(30)25(37)31)42-27(43-23(16)18-6-4-17(14-39)5-7-18)19-8-10-20(11-9-19)36-26(40)21-3-2-12-38(21)28(41)29(32,33)34/h4-11,15-16,21-23,27,39H,2-3,12-14H2,1H3,(H,36,40)/t16-,21+,22+,23+,27+/m1/s1.